The van der Waals surface area contributed by atoms with Gasteiger partial charge in [-0.05, 0) is 53.3 Å². The maximum atomic E-state index is 12.6. The second kappa shape index (κ2) is 8.89. The number of para-hydroxylation sites is 1. The average Bonchev–Trinajstić information content (AvgIpc) is 3.28. The number of anilines is 1. The van der Waals surface area contributed by atoms with Crippen LogP contribution in [0.15, 0.2) is 66.0 Å². The Labute approximate surface area is 180 Å². The van der Waals surface area contributed by atoms with Crippen molar-refractivity contribution in [3.8, 4) is 5.75 Å². The molecule has 0 unspecified atom stereocenters. The fraction of sp³-hybridized carbons (Fsp3) is 0.227. The number of thiophene rings is 1. The molecule has 0 saturated heterocycles. The molecule has 0 bridgehead atoms. The van der Waals surface area contributed by atoms with Gasteiger partial charge < -0.3 is 9.64 Å². The summed E-state index contributed by atoms with van der Waals surface area (Å²) in [5.41, 5.74) is 2.60. The first-order chi connectivity index (χ1) is 14.5. The van der Waals surface area contributed by atoms with Crippen LogP contribution in [0.3, 0.4) is 0 Å². The highest BCUT2D eigenvalue weighted by molar-refractivity contribution is 7.92. The standard InChI is InChI=1S/C22H22N2O4S2/c25-22(21-7-4-13-29-21)24-11-10-17-8-9-19(15-18(17)16-24)23-30(26,27)14-12-28-20-5-2-1-3-6-20/h1-9,13,15,23H,10-12,14,16H2. The van der Waals surface area contributed by atoms with Crippen molar-refractivity contribution in [1.29, 1.82) is 0 Å². The van der Waals surface area contributed by atoms with E-state index < -0.39 is 10.0 Å². The van der Waals surface area contributed by atoms with Gasteiger partial charge in [0.25, 0.3) is 5.91 Å². The zero-order chi connectivity index (χ0) is 21.0. The van der Waals surface area contributed by atoms with Crippen molar-refractivity contribution in [1.82, 2.24) is 4.90 Å². The van der Waals surface area contributed by atoms with E-state index in [2.05, 4.69) is 4.72 Å². The van der Waals surface area contributed by atoms with Crippen molar-refractivity contribution < 1.29 is 17.9 Å². The van der Waals surface area contributed by atoms with Crippen LogP contribution < -0.4 is 9.46 Å². The van der Waals surface area contributed by atoms with Crippen LogP contribution in [0.2, 0.25) is 0 Å². The number of benzene rings is 2. The van der Waals surface area contributed by atoms with Gasteiger partial charge in [0.2, 0.25) is 10.0 Å². The van der Waals surface area contributed by atoms with Crippen molar-refractivity contribution in [2.24, 2.45) is 0 Å². The fourth-order valence-electron chi connectivity index (χ4n) is 3.37. The summed E-state index contributed by atoms with van der Waals surface area (Å²) >= 11 is 1.43. The molecule has 4 rings (SSSR count). The number of sulfonamides is 1. The largest absolute Gasteiger partial charge is 0.492 e. The van der Waals surface area contributed by atoms with E-state index in [0.717, 1.165) is 17.5 Å². The van der Waals surface area contributed by atoms with E-state index in [4.69, 9.17) is 4.74 Å². The molecular formula is C22H22N2O4S2. The van der Waals surface area contributed by atoms with Crippen molar-refractivity contribution in [3.63, 3.8) is 0 Å². The number of rotatable bonds is 7. The Morgan fingerprint density at radius 3 is 2.67 bits per heavy atom. The number of hydrogen-bond acceptors (Lipinski definition) is 5. The third kappa shape index (κ3) is 5.01. The Morgan fingerprint density at radius 2 is 1.90 bits per heavy atom. The van der Waals surface area contributed by atoms with Crippen molar-refractivity contribution in [2.45, 2.75) is 13.0 Å². The summed E-state index contributed by atoms with van der Waals surface area (Å²) in [5.74, 6) is 0.499. The first-order valence-corrected chi connectivity index (χ1v) is 12.2. The second-order valence-corrected chi connectivity index (χ2v) is 9.81. The summed E-state index contributed by atoms with van der Waals surface area (Å²) < 4.78 is 33.0. The Morgan fingerprint density at radius 1 is 1.07 bits per heavy atom. The molecular weight excluding hydrogens is 420 g/mol. The Hall–Kier alpha value is -2.84. The lowest BCUT2D eigenvalue weighted by molar-refractivity contribution is 0.0739. The van der Waals surface area contributed by atoms with Crippen LogP contribution in [0.4, 0.5) is 5.69 Å². The van der Waals surface area contributed by atoms with Gasteiger partial charge in [-0.15, -0.1) is 11.3 Å². The molecule has 2 heterocycles. The minimum Gasteiger partial charge on any atom is -0.492 e. The molecule has 2 aromatic carbocycles. The number of carbonyl (C=O) groups is 1. The number of ether oxygens (including phenoxy) is 1. The molecule has 1 aromatic heterocycles. The minimum atomic E-state index is -3.55. The van der Waals surface area contributed by atoms with Gasteiger partial charge in [-0.3, -0.25) is 9.52 Å². The van der Waals surface area contributed by atoms with Gasteiger partial charge >= 0.3 is 0 Å². The lowest BCUT2D eigenvalue weighted by atomic mass is 9.99. The molecule has 8 heteroatoms. The maximum Gasteiger partial charge on any atom is 0.264 e. The maximum absolute atomic E-state index is 12.6. The van der Waals surface area contributed by atoms with Crippen LogP contribution in [0.5, 0.6) is 5.75 Å². The van der Waals surface area contributed by atoms with Crippen LogP contribution in [-0.2, 0) is 23.0 Å². The highest BCUT2D eigenvalue weighted by atomic mass is 32.2. The Kier molecular flexibility index (Phi) is 6.06. The third-order valence-electron chi connectivity index (χ3n) is 4.88. The van der Waals surface area contributed by atoms with Crippen LogP contribution in [0.1, 0.15) is 20.8 Å². The number of hydrogen-bond donors (Lipinski definition) is 1. The smallest absolute Gasteiger partial charge is 0.264 e. The molecule has 156 valence electrons. The number of carbonyl (C=O) groups excluding carboxylic acids is 1. The quantitative estimate of drug-likeness (QED) is 0.604. The minimum absolute atomic E-state index is 0.0136. The lowest BCUT2D eigenvalue weighted by Crippen LogP contribution is -2.35. The van der Waals surface area contributed by atoms with Gasteiger partial charge in [-0.1, -0.05) is 30.3 Å². The molecule has 1 N–H and O–H groups in total. The van der Waals surface area contributed by atoms with Crippen molar-refractivity contribution in [3.05, 3.63) is 82.0 Å². The van der Waals surface area contributed by atoms with E-state index in [9.17, 15) is 13.2 Å². The van der Waals surface area contributed by atoms with Gasteiger partial charge in [0.15, 0.2) is 0 Å². The van der Waals surface area contributed by atoms with E-state index in [1.54, 1.807) is 23.1 Å². The number of amides is 1. The van der Waals surface area contributed by atoms with Crippen LogP contribution in [0.25, 0.3) is 0 Å². The summed E-state index contributed by atoms with van der Waals surface area (Å²) in [6.45, 7) is 1.19. The van der Waals surface area contributed by atoms with Gasteiger partial charge in [0, 0.05) is 18.8 Å². The van der Waals surface area contributed by atoms with Gasteiger partial charge in [-0.2, -0.15) is 0 Å². The summed E-state index contributed by atoms with van der Waals surface area (Å²) in [6, 6.07) is 18.3. The molecule has 0 spiro atoms. The molecule has 30 heavy (non-hydrogen) atoms. The summed E-state index contributed by atoms with van der Waals surface area (Å²) in [5, 5.41) is 1.89. The molecule has 1 aliphatic rings. The SMILES string of the molecule is O=C(c1cccs1)N1CCc2ccc(NS(=O)(=O)CCOc3ccccc3)cc2C1. The van der Waals surface area contributed by atoms with Gasteiger partial charge in [0.05, 0.1) is 4.88 Å². The highest BCUT2D eigenvalue weighted by Gasteiger charge is 2.23. The van der Waals surface area contributed by atoms with Crippen molar-refractivity contribution in [2.75, 3.05) is 23.6 Å². The van der Waals surface area contributed by atoms with E-state index in [0.29, 0.717) is 29.4 Å². The summed E-state index contributed by atoms with van der Waals surface area (Å²) in [7, 11) is -3.55. The monoisotopic (exact) mass is 442 g/mol. The second-order valence-electron chi connectivity index (χ2n) is 7.02. The van der Waals surface area contributed by atoms with Crippen LogP contribution >= 0.6 is 11.3 Å². The highest BCUT2D eigenvalue weighted by Crippen LogP contribution is 2.25. The molecule has 0 fully saturated rings. The number of fused-ring (bicyclic) bond motifs is 1. The molecule has 1 aliphatic heterocycles. The zero-order valence-electron chi connectivity index (χ0n) is 16.3. The molecule has 1 amide bonds. The zero-order valence-corrected chi connectivity index (χ0v) is 17.9. The van der Waals surface area contributed by atoms with Gasteiger partial charge in [0.1, 0.15) is 18.1 Å². The van der Waals surface area contributed by atoms with E-state index in [1.165, 1.54) is 11.3 Å². The Balaban J connectivity index is 1.38. The molecule has 3 aromatic rings. The number of nitrogens with one attached hydrogen (secondary N) is 1. The normalized spacial score (nSPS) is 13.5. The number of nitrogens with zero attached hydrogens (tertiary/aromatic N) is 1. The fourth-order valence-corrected chi connectivity index (χ4v) is 4.95. The van der Waals surface area contributed by atoms with Crippen LogP contribution in [-0.4, -0.2) is 38.1 Å². The Bertz CT molecular complexity index is 1110. The first-order valence-electron chi connectivity index (χ1n) is 9.63. The first kappa shape index (κ1) is 20.4. The van der Waals surface area contributed by atoms with Crippen LogP contribution in [0, 0.1) is 0 Å². The molecule has 0 aliphatic carbocycles. The topological polar surface area (TPSA) is 75.7 Å². The average molecular weight is 443 g/mol. The van der Waals surface area contributed by atoms with E-state index in [-0.39, 0.29) is 18.3 Å². The predicted molar refractivity (Wildman–Crippen MR) is 119 cm³/mol. The molecule has 0 atom stereocenters. The summed E-state index contributed by atoms with van der Waals surface area (Å²) in [4.78, 5) is 15.2. The van der Waals surface area contributed by atoms with E-state index >= 15 is 0 Å². The third-order valence-corrected chi connectivity index (χ3v) is 6.98. The predicted octanol–water partition coefficient (Wildman–Crippen LogP) is 3.77. The molecule has 6 nitrogen and oxygen atoms in total. The lowest BCUT2D eigenvalue weighted by Gasteiger charge is -2.29. The van der Waals surface area contributed by atoms with Crippen molar-refractivity contribution >= 4 is 33.0 Å². The molecule has 0 radical (unpaired) electrons. The van der Waals surface area contributed by atoms with Gasteiger partial charge in [-0.25, -0.2) is 8.42 Å². The summed E-state index contributed by atoms with van der Waals surface area (Å²) in [6.07, 6.45) is 0.754. The molecule has 0 saturated carbocycles. The van der Waals surface area contributed by atoms with E-state index in [1.807, 2.05) is 47.8 Å².